The number of aromatic amines is 1. The molecule has 0 aliphatic heterocycles. The van der Waals surface area contributed by atoms with Gasteiger partial charge in [0.15, 0.2) is 0 Å². The Balaban J connectivity index is 1.91. The van der Waals surface area contributed by atoms with Crippen LogP contribution in [0, 0.1) is 18.6 Å². The average Bonchev–Trinajstić information content (AvgIpc) is 3.27. The van der Waals surface area contributed by atoms with Crippen LogP contribution in [0.1, 0.15) is 5.69 Å². The molecule has 0 atom stereocenters. The summed E-state index contributed by atoms with van der Waals surface area (Å²) >= 11 is 0. The van der Waals surface area contributed by atoms with Gasteiger partial charge in [-0.2, -0.15) is 15.4 Å². The molecule has 9 heteroatoms. The van der Waals surface area contributed by atoms with Crippen LogP contribution in [0.2, 0.25) is 0 Å². The molecular formula is C19H16F2N6O. The number of aromatic nitrogens is 6. The molecule has 1 N–H and O–H groups in total. The molecule has 142 valence electrons. The van der Waals surface area contributed by atoms with Crippen molar-refractivity contribution in [3.8, 4) is 39.7 Å². The number of aryl methyl sites for hydroxylation is 2. The molecule has 0 amide bonds. The fraction of sp³-hybridized carbons (Fsp3) is 0.158. The van der Waals surface area contributed by atoms with E-state index in [1.54, 1.807) is 36.3 Å². The number of H-pyrrole nitrogens is 1. The SMILES string of the molecule is COc1cc(F)cc(F)c1-c1c(-c2cc(-c3n[nH]nc3C)ccn2)ncn1C. The zero-order valence-corrected chi connectivity index (χ0v) is 15.4. The molecule has 0 unspecified atom stereocenters. The highest BCUT2D eigenvalue weighted by molar-refractivity contribution is 5.82. The molecule has 4 aromatic rings. The maximum Gasteiger partial charge on any atom is 0.139 e. The van der Waals surface area contributed by atoms with Crippen LogP contribution in [-0.4, -0.2) is 37.1 Å². The molecule has 28 heavy (non-hydrogen) atoms. The zero-order valence-electron chi connectivity index (χ0n) is 15.4. The molecule has 3 heterocycles. The van der Waals surface area contributed by atoms with Crippen LogP contribution in [0.4, 0.5) is 8.78 Å². The van der Waals surface area contributed by atoms with Crippen LogP contribution >= 0.6 is 0 Å². The van der Waals surface area contributed by atoms with Crippen LogP contribution in [0.15, 0.2) is 36.8 Å². The lowest BCUT2D eigenvalue weighted by atomic mass is 10.0. The molecular weight excluding hydrogens is 366 g/mol. The number of pyridine rings is 1. The summed E-state index contributed by atoms with van der Waals surface area (Å²) in [6, 6.07) is 5.55. The summed E-state index contributed by atoms with van der Waals surface area (Å²) in [5.41, 5.74) is 3.71. The van der Waals surface area contributed by atoms with Crippen LogP contribution in [0.25, 0.3) is 33.9 Å². The van der Waals surface area contributed by atoms with Crippen molar-refractivity contribution in [1.82, 2.24) is 29.9 Å². The summed E-state index contributed by atoms with van der Waals surface area (Å²) in [6.07, 6.45) is 3.16. The first-order valence-electron chi connectivity index (χ1n) is 8.38. The number of hydrogen-bond donors (Lipinski definition) is 1. The number of methoxy groups -OCH3 is 1. The first kappa shape index (κ1) is 17.8. The van der Waals surface area contributed by atoms with Gasteiger partial charge in [-0.05, 0) is 19.1 Å². The molecule has 0 fully saturated rings. The summed E-state index contributed by atoms with van der Waals surface area (Å²) in [5, 5.41) is 10.8. The normalized spacial score (nSPS) is 11.0. The van der Waals surface area contributed by atoms with Gasteiger partial charge in [0.2, 0.25) is 0 Å². The van der Waals surface area contributed by atoms with E-state index in [1.807, 2.05) is 6.92 Å². The zero-order chi connectivity index (χ0) is 19.8. The summed E-state index contributed by atoms with van der Waals surface area (Å²) in [6.45, 7) is 1.84. The third-order valence-electron chi connectivity index (χ3n) is 4.41. The van der Waals surface area contributed by atoms with E-state index in [0.29, 0.717) is 22.8 Å². The Bertz CT molecular complexity index is 1170. The largest absolute Gasteiger partial charge is 0.496 e. The summed E-state index contributed by atoms with van der Waals surface area (Å²) in [7, 11) is 3.08. The van der Waals surface area contributed by atoms with Crippen LogP contribution in [0.5, 0.6) is 5.75 Å². The van der Waals surface area contributed by atoms with Gasteiger partial charge in [0, 0.05) is 30.9 Å². The van der Waals surface area contributed by atoms with Gasteiger partial charge in [0.1, 0.15) is 28.8 Å². The molecule has 0 aliphatic rings. The van der Waals surface area contributed by atoms with E-state index in [-0.39, 0.29) is 11.3 Å². The van der Waals surface area contributed by atoms with Crippen LogP contribution in [-0.2, 0) is 7.05 Å². The second-order valence-corrected chi connectivity index (χ2v) is 6.20. The van der Waals surface area contributed by atoms with Crippen LogP contribution in [0.3, 0.4) is 0 Å². The van der Waals surface area contributed by atoms with Gasteiger partial charge < -0.3 is 9.30 Å². The van der Waals surface area contributed by atoms with Crippen molar-refractivity contribution in [2.75, 3.05) is 7.11 Å². The van der Waals surface area contributed by atoms with Gasteiger partial charge in [0.05, 0.1) is 36.1 Å². The van der Waals surface area contributed by atoms with E-state index in [1.165, 1.54) is 7.11 Å². The quantitative estimate of drug-likeness (QED) is 0.584. The minimum Gasteiger partial charge on any atom is -0.496 e. The van der Waals surface area contributed by atoms with Crippen molar-refractivity contribution in [3.05, 3.63) is 54.1 Å². The number of hydrogen-bond acceptors (Lipinski definition) is 5. The molecule has 0 bridgehead atoms. The molecule has 7 nitrogen and oxygen atoms in total. The lowest BCUT2D eigenvalue weighted by Gasteiger charge is -2.12. The van der Waals surface area contributed by atoms with Gasteiger partial charge in [-0.1, -0.05) is 0 Å². The maximum atomic E-state index is 14.7. The van der Waals surface area contributed by atoms with Crippen molar-refractivity contribution in [1.29, 1.82) is 0 Å². The number of benzene rings is 1. The number of rotatable bonds is 4. The predicted octanol–water partition coefficient (Wildman–Crippen LogP) is 3.53. The number of nitrogens with one attached hydrogen (secondary N) is 1. The van der Waals surface area contributed by atoms with E-state index in [4.69, 9.17) is 4.74 Å². The standard InChI is InChI=1S/C19H16F2N6O/c1-10-17(25-26-24-10)11-4-5-22-14(6-11)18-19(27(2)9-23-18)16-13(21)7-12(20)8-15(16)28-3/h4-9H,1-3H3,(H,24,25,26). The highest BCUT2D eigenvalue weighted by Crippen LogP contribution is 2.38. The summed E-state index contributed by atoms with van der Waals surface area (Å²) in [5.74, 6) is -1.39. The number of nitrogens with zero attached hydrogens (tertiary/aromatic N) is 5. The van der Waals surface area contributed by atoms with Gasteiger partial charge in [-0.25, -0.2) is 13.8 Å². The lowest BCUT2D eigenvalue weighted by molar-refractivity contribution is 0.408. The van der Waals surface area contributed by atoms with Gasteiger partial charge in [-0.3, -0.25) is 4.98 Å². The van der Waals surface area contributed by atoms with Gasteiger partial charge >= 0.3 is 0 Å². The predicted molar refractivity (Wildman–Crippen MR) is 98.5 cm³/mol. The molecule has 4 rings (SSSR count). The Labute approximate surface area is 159 Å². The summed E-state index contributed by atoms with van der Waals surface area (Å²) < 4.78 is 35.2. The minimum atomic E-state index is -0.745. The highest BCUT2D eigenvalue weighted by Gasteiger charge is 2.23. The van der Waals surface area contributed by atoms with E-state index in [9.17, 15) is 8.78 Å². The molecule has 3 aromatic heterocycles. The molecule has 0 saturated carbocycles. The fourth-order valence-electron chi connectivity index (χ4n) is 3.12. The molecule has 0 spiro atoms. The minimum absolute atomic E-state index is 0.0749. The molecule has 1 aromatic carbocycles. The third-order valence-corrected chi connectivity index (χ3v) is 4.41. The van der Waals surface area contributed by atoms with Crippen molar-refractivity contribution < 1.29 is 13.5 Å². The second-order valence-electron chi connectivity index (χ2n) is 6.20. The molecule has 0 saturated heterocycles. The monoisotopic (exact) mass is 382 g/mol. The Morgan fingerprint density at radius 1 is 1.07 bits per heavy atom. The first-order chi connectivity index (χ1) is 13.5. The van der Waals surface area contributed by atoms with Gasteiger partial charge in [0.25, 0.3) is 0 Å². The number of imidazole rings is 1. The van der Waals surface area contributed by atoms with Crippen molar-refractivity contribution in [2.45, 2.75) is 6.92 Å². The highest BCUT2D eigenvalue weighted by atomic mass is 19.1. The van der Waals surface area contributed by atoms with Crippen molar-refractivity contribution >= 4 is 0 Å². The Hall–Kier alpha value is -3.62. The smallest absolute Gasteiger partial charge is 0.139 e. The average molecular weight is 382 g/mol. The van der Waals surface area contributed by atoms with E-state index in [2.05, 4.69) is 25.4 Å². The van der Waals surface area contributed by atoms with E-state index >= 15 is 0 Å². The van der Waals surface area contributed by atoms with Crippen LogP contribution < -0.4 is 4.74 Å². The van der Waals surface area contributed by atoms with E-state index in [0.717, 1.165) is 23.4 Å². The first-order valence-corrected chi connectivity index (χ1v) is 8.38. The number of ether oxygens (including phenoxy) is 1. The van der Waals surface area contributed by atoms with Gasteiger partial charge in [-0.15, -0.1) is 0 Å². The van der Waals surface area contributed by atoms with Crippen molar-refractivity contribution in [2.24, 2.45) is 7.05 Å². The summed E-state index contributed by atoms with van der Waals surface area (Å²) in [4.78, 5) is 8.77. The fourth-order valence-corrected chi connectivity index (χ4v) is 3.12. The molecule has 0 radical (unpaired) electrons. The Kier molecular flexibility index (Phi) is 4.34. The lowest BCUT2D eigenvalue weighted by Crippen LogP contribution is -2.00. The number of halogens is 2. The second kappa shape index (κ2) is 6.84. The maximum absolute atomic E-state index is 14.7. The molecule has 0 aliphatic carbocycles. The third kappa shape index (κ3) is 2.90. The van der Waals surface area contributed by atoms with E-state index < -0.39 is 11.6 Å². The Morgan fingerprint density at radius 2 is 1.89 bits per heavy atom. The Morgan fingerprint density at radius 3 is 2.61 bits per heavy atom. The van der Waals surface area contributed by atoms with Crippen molar-refractivity contribution in [3.63, 3.8) is 0 Å². The topological polar surface area (TPSA) is 81.5 Å².